The van der Waals surface area contributed by atoms with Crippen LogP contribution >= 0.6 is 11.6 Å². The molecule has 0 radical (unpaired) electrons. The van der Waals surface area contributed by atoms with E-state index in [1.165, 1.54) is 11.1 Å². The number of aryl methyl sites for hydroxylation is 2. The Labute approximate surface area is 113 Å². The van der Waals surface area contributed by atoms with Crippen LogP contribution in [0.3, 0.4) is 0 Å². The summed E-state index contributed by atoms with van der Waals surface area (Å²) in [5.74, 6) is 1.44. The van der Waals surface area contributed by atoms with Crippen molar-refractivity contribution >= 4 is 22.6 Å². The van der Waals surface area contributed by atoms with Gasteiger partial charge >= 0.3 is 0 Å². The highest BCUT2D eigenvalue weighted by molar-refractivity contribution is 6.16. The molecule has 1 heterocycles. The zero-order valence-electron chi connectivity index (χ0n) is 11.3. The molecule has 0 atom stereocenters. The van der Waals surface area contributed by atoms with E-state index in [0.29, 0.717) is 5.88 Å². The highest BCUT2D eigenvalue weighted by Gasteiger charge is 2.09. The van der Waals surface area contributed by atoms with Crippen LogP contribution in [-0.2, 0) is 12.4 Å². The van der Waals surface area contributed by atoms with Crippen LogP contribution < -0.4 is 0 Å². The van der Waals surface area contributed by atoms with E-state index >= 15 is 0 Å². The van der Waals surface area contributed by atoms with E-state index < -0.39 is 0 Å². The number of rotatable bonds is 5. The van der Waals surface area contributed by atoms with E-state index in [1.54, 1.807) is 0 Å². The Morgan fingerprint density at radius 3 is 2.78 bits per heavy atom. The molecule has 0 saturated heterocycles. The van der Waals surface area contributed by atoms with E-state index in [0.717, 1.165) is 30.9 Å². The van der Waals surface area contributed by atoms with Crippen LogP contribution in [0.15, 0.2) is 18.2 Å². The lowest BCUT2D eigenvalue weighted by atomic mass is 10.2. The first kappa shape index (κ1) is 13.4. The SMILES string of the molecule is Cc1ccc2nc(CCl)n(CCCN(C)C)c2c1. The van der Waals surface area contributed by atoms with Gasteiger partial charge in [0.05, 0.1) is 16.9 Å². The molecule has 0 aliphatic rings. The number of nitrogens with zero attached hydrogens (tertiary/aromatic N) is 3. The highest BCUT2D eigenvalue weighted by Crippen LogP contribution is 2.19. The Kier molecular flexibility index (Phi) is 4.25. The van der Waals surface area contributed by atoms with E-state index in [1.807, 2.05) is 0 Å². The fourth-order valence-electron chi connectivity index (χ4n) is 2.18. The summed E-state index contributed by atoms with van der Waals surface area (Å²) in [6.07, 6.45) is 1.11. The van der Waals surface area contributed by atoms with Gasteiger partial charge in [-0.15, -0.1) is 11.6 Å². The normalized spacial score (nSPS) is 11.6. The topological polar surface area (TPSA) is 21.1 Å². The van der Waals surface area contributed by atoms with Crippen LogP contribution in [0.1, 0.15) is 17.8 Å². The third-order valence-electron chi connectivity index (χ3n) is 3.09. The molecule has 0 N–H and O–H groups in total. The second-order valence-electron chi connectivity index (χ2n) is 4.96. The maximum Gasteiger partial charge on any atom is 0.124 e. The van der Waals surface area contributed by atoms with Gasteiger partial charge in [0.15, 0.2) is 0 Å². The van der Waals surface area contributed by atoms with Crippen molar-refractivity contribution in [1.29, 1.82) is 0 Å². The summed E-state index contributed by atoms with van der Waals surface area (Å²) in [4.78, 5) is 6.79. The summed E-state index contributed by atoms with van der Waals surface area (Å²) < 4.78 is 2.25. The molecule has 4 heteroatoms. The first-order chi connectivity index (χ1) is 8.61. The molecule has 0 bridgehead atoms. The van der Waals surface area contributed by atoms with Crippen molar-refractivity contribution in [3.8, 4) is 0 Å². The van der Waals surface area contributed by atoms with Crippen LogP contribution in [0.5, 0.6) is 0 Å². The van der Waals surface area contributed by atoms with Crippen molar-refractivity contribution in [3.05, 3.63) is 29.6 Å². The molecule has 1 aromatic heterocycles. The molecule has 98 valence electrons. The van der Waals surface area contributed by atoms with Gasteiger partial charge in [0.2, 0.25) is 0 Å². The third kappa shape index (κ3) is 2.85. The fourth-order valence-corrected chi connectivity index (χ4v) is 2.38. The predicted octanol–water partition coefficient (Wildman–Crippen LogP) is 3.04. The maximum absolute atomic E-state index is 5.99. The van der Waals surface area contributed by atoms with Crippen molar-refractivity contribution in [2.24, 2.45) is 0 Å². The summed E-state index contributed by atoms with van der Waals surface area (Å²) in [5.41, 5.74) is 3.50. The van der Waals surface area contributed by atoms with Crippen LogP contribution in [0.2, 0.25) is 0 Å². The maximum atomic E-state index is 5.99. The third-order valence-corrected chi connectivity index (χ3v) is 3.33. The van der Waals surface area contributed by atoms with Gasteiger partial charge in [0, 0.05) is 6.54 Å². The van der Waals surface area contributed by atoms with Crippen LogP contribution in [-0.4, -0.2) is 35.1 Å². The van der Waals surface area contributed by atoms with Gasteiger partial charge in [0.1, 0.15) is 5.82 Å². The minimum atomic E-state index is 0.468. The number of benzene rings is 1. The molecule has 1 aromatic carbocycles. The Morgan fingerprint density at radius 2 is 2.11 bits per heavy atom. The second kappa shape index (κ2) is 5.72. The molecule has 0 saturated carbocycles. The summed E-state index contributed by atoms with van der Waals surface area (Å²) in [5, 5.41) is 0. The van der Waals surface area contributed by atoms with Gasteiger partial charge < -0.3 is 9.47 Å². The molecule has 0 fully saturated rings. The van der Waals surface area contributed by atoms with Crippen LogP contribution in [0.4, 0.5) is 0 Å². The molecule has 3 nitrogen and oxygen atoms in total. The van der Waals surface area contributed by atoms with Crippen molar-refractivity contribution in [2.75, 3.05) is 20.6 Å². The van der Waals surface area contributed by atoms with Crippen molar-refractivity contribution in [1.82, 2.24) is 14.5 Å². The zero-order chi connectivity index (χ0) is 13.1. The lowest BCUT2D eigenvalue weighted by Gasteiger charge is -2.11. The Morgan fingerprint density at radius 1 is 1.33 bits per heavy atom. The Balaban J connectivity index is 2.30. The molecule has 18 heavy (non-hydrogen) atoms. The van der Waals surface area contributed by atoms with E-state index in [4.69, 9.17) is 11.6 Å². The predicted molar refractivity (Wildman–Crippen MR) is 77.2 cm³/mol. The van der Waals surface area contributed by atoms with Gasteiger partial charge in [-0.1, -0.05) is 6.07 Å². The van der Waals surface area contributed by atoms with Crippen LogP contribution in [0, 0.1) is 6.92 Å². The van der Waals surface area contributed by atoms with E-state index in [-0.39, 0.29) is 0 Å². The monoisotopic (exact) mass is 265 g/mol. The number of hydrogen-bond donors (Lipinski definition) is 0. The number of aromatic nitrogens is 2. The quantitative estimate of drug-likeness (QED) is 0.775. The molecule has 2 aromatic rings. The van der Waals surface area contributed by atoms with Gasteiger partial charge in [-0.2, -0.15) is 0 Å². The molecule has 0 amide bonds. The lowest BCUT2D eigenvalue weighted by Crippen LogP contribution is -2.15. The fraction of sp³-hybridized carbons (Fsp3) is 0.500. The summed E-state index contributed by atoms with van der Waals surface area (Å²) in [6.45, 7) is 4.16. The smallest absolute Gasteiger partial charge is 0.124 e. The zero-order valence-corrected chi connectivity index (χ0v) is 12.0. The summed E-state index contributed by atoms with van der Waals surface area (Å²) in [7, 11) is 4.19. The largest absolute Gasteiger partial charge is 0.327 e. The average Bonchev–Trinajstić information content (AvgIpc) is 2.66. The minimum absolute atomic E-state index is 0.468. The standard InChI is InChI=1S/C14H20ClN3/c1-11-5-6-12-13(9-11)18(14(10-15)16-12)8-4-7-17(2)3/h5-6,9H,4,7-8,10H2,1-3H3. The van der Waals surface area contributed by atoms with Crippen molar-refractivity contribution < 1.29 is 0 Å². The minimum Gasteiger partial charge on any atom is -0.327 e. The van der Waals surface area contributed by atoms with Gasteiger partial charge in [0.25, 0.3) is 0 Å². The summed E-state index contributed by atoms with van der Waals surface area (Å²) in [6, 6.07) is 6.36. The number of alkyl halides is 1. The van der Waals surface area contributed by atoms with Crippen LogP contribution in [0.25, 0.3) is 11.0 Å². The van der Waals surface area contributed by atoms with E-state index in [2.05, 4.69) is 53.7 Å². The lowest BCUT2D eigenvalue weighted by molar-refractivity contribution is 0.386. The molecule has 0 unspecified atom stereocenters. The van der Waals surface area contributed by atoms with Gasteiger partial charge in [-0.25, -0.2) is 4.98 Å². The second-order valence-corrected chi connectivity index (χ2v) is 5.23. The highest BCUT2D eigenvalue weighted by atomic mass is 35.5. The first-order valence-electron chi connectivity index (χ1n) is 6.28. The average molecular weight is 266 g/mol. The molecular weight excluding hydrogens is 246 g/mol. The van der Waals surface area contributed by atoms with Crippen molar-refractivity contribution in [2.45, 2.75) is 25.8 Å². The van der Waals surface area contributed by atoms with Gasteiger partial charge in [-0.05, 0) is 51.7 Å². The Bertz CT molecular complexity index is 531. The molecular formula is C14H20ClN3. The Hall–Kier alpha value is -1.06. The first-order valence-corrected chi connectivity index (χ1v) is 6.81. The number of halogens is 1. The molecule has 0 aliphatic heterocycles. The number of imidazole rings is 1. The number of fused-ring (bicyclic) bond motifs is 1. The number of hydrogen-bond acceptors (Lipinski definition) is 2. The van der Waals surface area contributed by atoms with E-state index in [9.17, 15) is 0 Å². The van der Waals surface area contributed by atoms with Crippen molar-refractivity contribution in [3.63, 3.8) is 0 Å². The molecule has 2 rings (SSSR count). The summed E-state index contributed by atoms with van der Waals surface area (Å²) >= 11 is 5.99. The molecule has 0 spiro atoms. The van der Waals surface area contributed by atoms with Gasteiger partial charge in [-0.3, -0.25) is 0 Å². The molecule has 0 aliphatic carbocycles.